The minimum atomic E-state index is 0.839. The van der Waals surface area contributed by atoms with Gasteiger partial charge in [-0.3, -0.25) is 0 Å². The monoisotopic (exact) mass is 350 g/mol. The summed E-state index contributed by atoms with van der Waals surface area (Å²) in [5.41, 5.74) is 3.80. The van der Waals surface area contributed by atoms with Crippen molar-refractivity contribution in [2.75, 3.05) is 0 Å². The Morgan fingerprint density at radius 1 is 0.731 bits per heavy atom. The Labute approximate surface area is 159 Å². The number of aromatic nitrogens is 2. The predicted octanol–water partition coefficient (Wildman–Crippen LogP) is 6.64. The zero-order valence-electron chi connectivity index (χ0n) is 16.6. The summed E-state index contributed by atoms with van der Waals surface area (Å²) in [7, 11) is 0. The molecule has 0 aliphatic heterocycles. The van der Waals surface area contributed by atoms with Gasteiger partial charge in [0.25, 0.3) is 0 Å². The Kier molecular flexibility index (Phi) is 7.22. The van der Waals surface area contributed by atoms with Gasteiger partial charge < -0.3 is 0 Å². The van der Waals surface area contributed by atoms with Crippen LogP contribution in [0.3, 0.4) is 0 Å². The van der Waals surface area contributed by atoms with Crippen molar-refractivity contribution in [3.05, 3.63) is 47.8 Å². The number of hydrogen-bond donors (Lipinski definition) is 0. The molecule has 2 aromatic rings. The van der Waals surface area contributed by atoms with Gasteiger partial charge in [0.05, 0.1) is 0 Å². The lowest BCUT2D eigenvalue weighted by Gasteiger charge is -2.28. The molecular weight excluding hydrogens is 316 g/mol. The minimum absolute atomic E-state index is 0.839. The highest BCUT2D eigenvalue weighted by Crippen LogP contribution is 2.33. The van der Waals surface area contributed by atoms with Crippen LogP contribution in [0.25, 0.3) is 11.4 Å². The van der Waals surface area contributed by atoms with E-state index in [2.05, 4.69) is 48.1 Å². The molecule has 0 spiro atoms. The zero-order chi connectivity index (χ0) is 18.2. The Morgan fingerprint density at radius 3 is 1.92 bits per heavy atom. The Hall–Kier alpha value is -1.70. The summed E-state index contributed by atoms with van der Waals surface area (Å²) in [6, 6.07) is 8.90. The van der Waals surface area contributed by atoms with Gasteiger partial charge in [0.2, 0.25) is 0 Å². The third-order valence-corrected chi connectivity index (χ3v) is 5.96. The number of nitrogens with zero attached hydrogens (tertiary/aromatic N) is 2. The summed E-state index contributed by atoms with van der Waals surface area (Å²) in [6.07, 6.45) is 17.3. The van der Waals surface area contributed by atoms with E-state index in [1.165, 1.54) is 62.5 Å². The summed E-state index contributed by atoms with van der Waals surface area (Å²) in [5.74, 6) is 2.79. The van der Waals surface area contributed by atoms with E-state index in [0.717, 1.165) is 36.1 Å². The quantitative estimate of drug-likeness (QED) is 0.533. The number of rotatable bonds is 8. The molecule has 2 heteroatoms. The maximum Gasteiger partial charge on any atom is 0.159 e. The van der Waals surface area contributed by atoms with Crippen molar-refractivity contribution in [2.24, 2.45) is 11.8 Å². The molecule has 0 atom stereocenters. The molecule has 1 saturated carbocycles. The van der Waals surface area contributed by atoms with E-state index >= 15 is 0 Å². The molecule has 3 rings (SSSR count). The highest BCUT2D eigenvalue weighted by atomic mass is 14.9. The van der Waals surface area contributed by atoms with Crippen LogP contribution in [0.2, 0.25) is 0 Å². The largest absolute Gasteiger partial charge is 0.236 e. The molecule has 1 aromatic carbocycles. The third-order valence-electron chi connectivity index (χ3n) is 5.96. The maximum absolute atomic E-state index is 4.53. The Morgan fingerprint density at radius 2 is 1.35 bits per heavy atom. The second-order valence-electron chi connectivity index (χ2n) is 8.08. The second kappa shape index (κ2) is 9.85. The van der Waals surface area contributed by atoms with Crippen LogP contribution >= 0.6 is 0 Å². The average molecular weight is 351 g/mol. The number of benzene rings is 1. The van der Waals surface area contributed by atoms with E-state index in [-0.39, 0.29) is 0 Å². The van der Waals surface area contributed by atoms with Gasteiger partial charge in [0, 0.05) is 18.0 Å². The summed E-state index contributed by atoms with van der Waals surface area (Å²) < 4.78 is 0. The molecule has 0 amide bonds. The van der Waals surface area contributed by atoms with Gasteiger partial charge in [-0.15, -0.1) is 0 Å². The molecule has 0 N–H and O–H groups in total. The van der Waals surface area contributed by atoms with E-state index in [4.69, 9.17) is 0 Å². The van der Waals surface area contributed by atoms with E-state index in [1.807, 2.05) is 12.4 Å². The van der Waals surface area contributed by atoms with E-state index in [0.29, 0.717) is 0 Å². The standard InChI is InChI=1S/C24H34N2/c1-3-5-19-7-9-20(10-8-19)11-12-21-13-15-23(16-14-21)24-25-17-22(6-4-2)18-26-24/h13-20H,3-12H2,1-2H3/t19-,20-. The Bertz CT molecular complexity index is 637. The first kappa shape index (κ1) is 19.1. The smallest absolute Gasteiger partial charge is 0.159 e. The van der Waals surface area contributed by atoms with Gasteiger partial charge in [-0.1, -0.05) is 83.1 Å². The molecule has 2 nitrogen and oxygen atoms in total. The van der Waals surface area contributed by atoms with Crippen LogP contribution in [0.15, 0.2) is 36.7 Å². The van der Waals surface area contributed by atoms with Gasteiger partial charge >= 0.3 is 0 Å². The first-order chi connectivity index (χ1) is 12.8. The molecule has 1 heterocycles. The highest BCUT2D eigenvalue weighted by molar-refractivity contribution is 5.55. The Balaban J connectivity index is 1.49. The highest BCUT2D eigenvalue weighted by Gasteiger charge is 2.20. The van der Waals surface area contributed by atoms with E-state index in [1.54, 1.807) is 0 Å². The molecular formula is C24H34N2. The molecule has 26 heavy (non-hydrogen) atoms. The van der Waals surface area contributed by atoms with Crippen LogP contribution < -0.4 is 0 Å². The molecule has 1 aromatic heterocycles. The average Bonchev–Trinajstić information content (AvgIpc) is 2.69. The fourth-order valence-electron chi connectivity index (χ4n) is 4.33. The lowest BCUT2D eigenvalue weighted by atomic mass is 9.78. The molecule has 0 radical (unpaired) electrons. The molecule has 0 saturated heterocycles. The van der Waals surface area contributed by atoms with E-state index < -0.39 is 0 Å². The van der Waals surface area contributed by atoms with Crippen molar-refractivity contribution in [1.82, 2.24) is 9.97 Å². The van der Waals surface area contributed by atoms with E-state index in [9.17, 15) is 0 Å². The molecule has 0 unspecified atom stereocenters. The van der Waals surface area contributed by atoms with Crippen LogP contribution in [-0.4, -0.2) is 9.97 Å². The predicted molar refractivity (Wildman–Crippen MR) is 110 cm³/mol. The van der Waals surface area contributed by atoms with Crippen molar-refractivity contribution in [1.29, 1.82) is 0 Å². The fraction of sp³-hybridized carbons (Fsp3) is 0.583. The van der Waals surface area contributed by atoms with Crippen molar-refractivity contribution < 1.29 is 0 Å². The van der Waals surface area contributed by atoms with Gasteiger partial charge in [-0.25, -0.2) is 9.97 Å². The normalized spacial score (nSPS) is 20.2. The van der Waals surface area contributed by atoms with Crippen molar-refractivity contribution in [3.8, 4) is 11.4 Å². The lowest BCUT2D eigenvalue weighted by Crippen LogP contribution is -2.15. The molecule has 140 valence electrons. The third kappa shape index (κ3) is 5.40. The van der Waals surface area contributed by atoms with Gasteiger partial charge in [-0.2, -0.15) is 0 Å². The molecule has 0 bridgehead atoms. The van der Waals surface area contributed by atoms with Crippen LogP contribution in [-0.2, 0) is 12.8 Å². The van der Waals surface area contributed by atoms with Crippen molar-refractivity contribution in [2.45, 2.75) is 78.1 Å². The second-order valence-corrected chi connectivity index (χ2v) is 8.08. The summed E-state index contributed by atoms with van der Waals surface area (Å²) in [5, 5.41) is 0. The SMILES string of the molecule is CCCc1cnc(-c2ccc(CC[C@H]3CC[C@H](CCC)CC3)cc2)nc1. The van der Waals surface area contributed by atoms with Crippen LogP contribution in [0, 0.1) is 11.8 Å². The number of hydrogen-bond acceptors (Lipinski definition) is 2. The first-order valence-corrected chi connectivity index (χ1v) is 10.7. The summed E-state index contributed by atoms with van der Waals surface area (Å²) in [4.78, 5) is 9.06. The van der Waals surface area contributed by atoms with Gasteiger partial charge in [0.1, 0.15) is 0 Å². The summed E-state index contributed by atoms with van der Waals surface area (Å²) >= 11 is 0. The van der Waals surface area contributed by atoms with Gasteiger partial charge in [-0.05, 0) is 42.2 Å². The first-order valence-electron chi connectivity index (χ1n) is 10.7. The fourth-order valence-corrected chi connectivity index (χ4v) is 4.33. The van der Waals surface area contributed by atoms with Crippen molar-refractivity contribution >= 4 is 0 Å². The molecule has 1 fully saturated rings. The van der Waals surface area contributed by atoms with Crippen molar-refractivity contribution in [3.63, 3.8) is 0 Å². The number of aryl methyl sites for hydroxylation is 2. The van der Waals surface area contributed by atoms with Gasteiger partial charge in [0.15, 0.2) is 5.82 Å². The zero-order valence-corrected chi connectivity index (χ0v) is 16.6. The van der Waals surface area contributed by atoms with Crippen LogP contribution in [0.4, 0.5) is 0 Å². The summed E-state index contributed by atoms with van der Waals surface area (Å²) in [6.45, 7) is 4.50. The minimum Gasteiger partial charge on any atom is -0.236 e. The van der Waals surface area contributed by atoms with Crippen LogP contribution in [0.5, 0.6) is 0 Å². The molecule has 1 aliphatic carbocycles. The van der Waals surface area contributed by atoms with Crippen LogP contribution in [0.1, 0.15) is 76.3 Å². The molecule has 1 aliphatic rings. The topological polar surface area (TPSA) is 25.8 Å². The lowest BCUT2D eigenvalue weighted by molar-refractivity contribution is 0.252. The maximum atomic E-state index is 4.53.